The third-order valence-electron chi connectivity index (χ3n) is 3.53. The molecule has 0 spiro atoms. The Bertz CT molecular complexity index is 332. The van der Waals surface area contributed by atoms with Crippen molar-refractivity contribution >= 4 is 12.6 Å². The molecule has 3 heteroatoms. The van der Waals surface area contributed by atoms with Crippen molar-refractivity contribution in [2.45, 2.75) is 34.2 Å². The number of hydrogen-bond acceptors (Lipinski definition) is 3. The Balaban J connectivity index is 2.62. The highest BCUT2D eigenvalue weighted by Gasteiger charge is 2.25. The number of hydrogen-bond donors (Lipinski definition) is 1. The highest BCUT2D eigenvalue weighted by Crippen LogP contribution is 2.28. The molecular formula is C15H26N2S. The second kappa shape index (κ2) is 7.15. The molecule has 1 rings (SSSR count). The summed E-state index contributed by atoms with van der Waals surface area (Å²) in [5.41, 5.74) is 1.65. The summed E-state index contributed by atoms with van der Waals surface area (Å²) < 4.78 is 0. The number of nitrogens with zero attached hydrogens (tertiary/aromatic N) is 2. The van der Waals surface area contributed by atoms with E-state index in [1.165, 1.54) is 5.56 Å². The van der Waals surface area contributed by atoms with Crippen LogP contribution in [0.4, 0.5) is 0 Å². The van der Waals surface area contributed by atoms with Crippen LogP contribution in [-0.4, -0.2) is 28.7 Å². The zero-order chi connectivity index (χ0) is 13.6. The second-order valence-electron chi connectivity index (χ2n) is 5.93. The molecule has 1 heterocycles. The predicted molar refractivity (Wildman–Crippen MR) is 82.0 cm³/mol. The zero-order valence-corrected chi connectivity index (χ0v) is 13.0. The Hall–Kier alpha value is -0.540. The summed E-state index contributed by atoms with van der Waals surface area (Å²) in [6.07, 6.45) is 3.73. The van der Waals surface area contributed by atoms with Gasteiger partial charge in [0.15, 0.2) is 0 Å². The molecule has 2 nitrogen and oxygen atoms in total. The van der Waals surface area contributed by atoms with E-state index in [1.807, 2.05) is 12.4 Å². The molecule has 0 aliphatic rings. The number of aromatic nitrogens is 1. The second-order valence-corrected chi connectivity index (χ2v) is 6.29. The van der Waals surface area contributed by atoms with Crippen molar-refractivity contribution in [3.05, 3.63) is 30.1 Å². The first-order valence-corrected chi connectivity index (χ1v) is 7.32. The van der Waals surface area contributed by atoms with E-state index in [1.54, 1.807) is 0 Å². The minimum Gasteiger partial charge on any atom is -0.299 e. The maximum Gasteiger partial charge on any atom is 0.0271 e. The third-order valence-corrected chi connectivity index (χ3v) is 3.97. The van der Waals surface area contributed by atoms with Gasteiger partial charge in [0.1, 0.15) is 0 Å². The molecule has 0 saturated carbocycles. The fraction of sp³-hybridized carbons (Fsp3) is 0.667. The van der Waals surface area contributed by atoms with E-state index < -0.39 is 0 Å². The summed E-state index contributed by atoms with van der Waals surface area (Å²) in [6, 6.07) is 4.19. The van der Waals surface area contributed by atoms with Gasteiger partial charge in [0.05, 0.1) is 0 Å². The minimum atomic E-state index is 0.313. The molecule has 0 aliphatic heterocycles. The molecule has 1 aromatic rings. The molecule has 0 bridgehead atoms. The largest absolute Gasteiger partial charge is 0.299 e. The molecule has 1 aromatic heterocycles. The molecule has 102 valence electrons. The monoisotopic (exact) mass is 266 g/mol. The Morgan fingerprint density at radius 3 is 2.33 bits per heavy atom. The maximum absolute atomic E-state index is 4.51. The van der Waals surface area contributed by atoms with Crippen molar-refractivity contribution in [3.63, 3.8) is 0 Å². The summed E-state index contributed by atoms with van der Waals surface area (Å²) >= 11 is 4.51. The van der Waals surface area contributed by atoms with Crippen molar-refractivity contribution in [2.75, 3.05) is 18.8 Å². The van der Waals surface area contributed by atoms with E-state index in [4.69, 9.17) is 0 Å². The number of pyridine rings is 1. The molecule has 0 aromatic carbocycles. The van der Waals surface area contributed by atoms with Gasteiger partial charge in [-0.3, -0.25) is 9.88 Å². The van der Waals surface area contributed by atoms with Gasteiger partial charge in [-0.05, 0) is 41.3 Å². The van der Waals surface area contributed by atoms with Gasteiger partial charge in [-0.2, -0.15) is 12.6 Å². The first-order valence-electron chi connectivity index (χ1n) is 6.69. The lowest BCUT2D eigenvalue weighted by atomic mass is 9.81. The summed E-state index contributed by atoms with van der Waals surface area (Å²) in [5, 5.41) is 0. The van der Waals surface area contributed by atoms with Crippen molar-refractivity contribution in [1.82, 2.24) is 9.88 Å². The fourth-order valence-electron chi connectivity index (χ4n) is 1.97. The van der Waals surface area contributed by atoms with Crippen LogP contribution in [0.15, 0.2) is 24.5 Å². The van der Waals surface area contributed by atoms with Gasteiger partial charge in [-0.1, -0.05) is 27.7 Å². The van der Waals surface area contributed by atoms with Crippen LogP contribution in [0.2, 0.25) is 0 Å². The van der Waals surface area contributed by atoms with E-state index in [0.717, 1.165) is 25.4 Å². The third kappa shape index (κ3) is 4.99. The fourth-order valence-corrected chi connectivity index (χ4v) is 2.63. The molecule has 0 radical (unpaired) electrons. The van der Waals surface area contributed by atoms with Crippen LogP contribution in [0.3, 0.4) is 0 Å². The van der Waals surface area contributed by atoms with Gasteiger partial charge in [-0.15, -0.1) is 0 Å². The average molecular weight is 266 g/mol. The maximum atomic E-state index is 4.51. The molecule has 0 amide bonds. The molecular weight excluding hydrogens is 240 g/mol. The molecule has 1 atom stereocenters. The van der Waals surface area contributed by atoms with E-state index in [0.29, 0.717) is 11.3 Å². The highest BCUT2D eigenvalue weighted by molar-refractivity contribution is 7.80. The zero-order valence-electron chi connectivity index (χ0n) is 12.1. The molecule has 0 aliphatic carbocycles. The van der Waals surface area contributed by atoms with Crippen molar-refractivity contribution in [2.24, 2.45) is 11.3 Å². The molecule has 0 saturated heterocycles. The molecule has 1 unspecified atom stereocenters. The quantitative estimate of drug-likeness (QED) is 0.793. The van der Waals surface area contributed by atoms with Crippen LogP contribution in [0.25, 0.3) is 0 Å². The van der Waals surface area contributed by atoms with Gasteiger partial charge in [-0.25, -0.2) is 0 Å². The summed E-state index contributed by atoms with van der Waals surface area (Å²) in [5.74, 6) is 1.55. The van der Waals surface area contributed by atoms with E-state index in [-0.39, 0.29) is 0 Å². The number of rotatable bonds is 6. The highest BCUT2D eigenvalue weighted by atomic mass is 32.1. The van der Waals surface area contributed by atoms with E-state index in [9.17, 15) is 0 Å². The van der Waals surface area contributed by atoms with Crippen LogP contribution >= 0.6 is 12.6 Å². The smallest absolute Gasteiger partial charge is 0.0271 e. The summed E-state index contributed by atoms with van der Waals surface area (Å²) in [7, 11) is 0. The molecule has 18 heavy (non-hydrogen) atoms. The van der Waals surface area contributed by atoms with Gasteiger partial charge < -0.3 is 0 Å². The van der Waals surface area contributed by atoms with Crippen molar-refractivity contribution in [3.8, 4) is 0 Å². The lowest BCUT2D eigenvalue weighted by Gasteiger charge is -2.34. The minimum absolute atomic E-state index is 0.313. The lowest BCUT2D eigenvalue weighted by Crippen LogP contribution is -2.36. The standard InChI is InChI=1S/C15H26N2S/c1-5-17(10-13-6-8-16-9-7-13)11-14(12-18)15(2,3)4/h6-9,14,18H,5,10-12H2,1-4H3. The molecule has 0 fully saturated rings. The molecule has 0 N–H and O–H groups in total. The van der Waals surface area contributed by atoms with Gasteiger partial charge in [0.2, 0.25) is 0 Å². The Labute approximate surface area is 117 Å². The SMILES string of the molecule is CCN(Cc1ccncc1)CC(CS)C(C)(C)C. The van der Waals surface area contributed by atoms with Gasteiger partial charge in [0, 0.05) is 25.5 Å². The number of thiol groups is 1. The van der Waals surface area contributed by atoms with Crippen molar-refractivity contribution < 1.29 is 0 Å². The van der Waals surface area contributed by atoms with E-state index >= 15 is 0 Å². The van der Waals surface area contributed by atoms with Crippen LogP contribution in [0, 0.1) is 11.3 Å². The average Bonchev–Trinajstić information content (AvgIpc) is 2.34. The summed E-state index contributed by atoms with van der Waals surface area (Å²) in [4.78, 5) is 6.55. The summed E-state index contributed by atoms with van der Waals surface area (Å²) in [6.45, 7) is 12.3. The first-order chi connectivity index (χ1) is 8.47. The topological polar surface area (TPSA) is 16.1 Å². The van der Waals surface area contributed by atoms with Crippen LogP contribution < -0.4 is 0 Å². The lowest BCUT2D eigenvalue weighted by molar-refractivity contribution is 0.165. The predicted octanol–water partition coefficient (Wildman–Crippen LogP) is 3.50. The van der Waals surface area contributed by atoms with Crippen LogP contribution in [0.5, 0.6) is 0 Å². The van der Waals surface area contributed by atoms with Gasteiger partial charge >= 0.3 is 0 Å². The Morgan fingerprint density at radius 2 is 1.89 bits per heavy atom. The van der Waals surface area contributed by atoms with Crippen LogP contribution in [-0.2, 0) is 6.54 Å². The van der Waals surface area contributed by atoms with E-state index in [2.05, 4.69) is 62.3 Å². The normalized spacial score (nSPS) is 13.9. The van der Waals surface area contributed by atoms with Crippen LogP contribution in [0.1, 0.15) is 33.3 Å². The Morgan fingerprint density at radius 1 is 1.28 bits per heavy atom. The van der Waals surface area contributed by atoms with Crippen molar-refractivity contribution in [1.29, 1.82) is 0 Å². The van der Waals surface area contributed by atoms with Gasteiger partial charge in [0.25, 0.3) is 0 Å². The Kier molecular flexibility index (Phi) is 6.16. The first kappa shape index (κ1) is 15.5.